The highest BCUT2D eigenvalue weighted by molar-refractivity contribution is 6.31. The van der Waals surface area contributed by atoms with Crippen molar-refractivity contribution >= 4 is 39.5 Å². The van der Waals surface area contributed by atoms with Crippen LogP contribution in [-0.4, -0.2) is 41.3 Å². The predicted octanol–water partition coefficient (Wildman–Crippen LogP) is 4.78. The van der Waals surface area contributed by atoms with E-state index in [2.05, 4.69) is 39.2 Å². The van der Waals surface area contributed by atoms with Gasteiger partial charge in [-0.3, -0.25) is 9.97 Å². The van der Waals surface area contributed by atoms with Gasteiger partial charge in [-0.15, -0.1) is 0 Å². The molecule has 5 rings (SSSR count). The maximum Gasteiger partial charge on any atom is 0.129 e. The lowest BCUT2D eigenvalue weighted by molar-refractivity contribution is 0.161. The van der Waals surface area contributed by atoms with Crippen LogP contribution in [0.15, 0.2) is 54.9 Å². The summed E-state index contributed by atoms with van der Waals surface area (Å²) in [5, 5.41) is 1.81. The molecule has 0 radical (unpaired) electrons. The number of hydrogen-bond donors (Lipinski definition) is 0. The second kappa shape index (κ2) is 7.93. The molecular weight excluding hydrogens is 384 g/mol. The molecule has 2 aliphatic heterocycles. The number of pyridine rings is 1. The van der Waals surface area contributed by atoms with Crippen molar-refractivity contribution in [2.45, 2.75) is 12.8 Å². The first-order chi connectivity index (χ1) is 14.3. The van der Waals surface area contributed by atoms with Crippen LogP contribution in [0.3, 0.4) is 0 Å². The number of ether oxygens (including phenoxy) is 1. The second-order valence-corrected chi connectivity index (χ2v) is 7.68. The molecule has 0 amide bonds. The van der Waals surface area contributed by atoms with Crippen molar-refractivity contribution in [1.29, 1.82) is 0 Å². The van der Waals surface area contributed by atoms with Gasteiger partial charge in [-0.1, -0.05) is 29.8 Å². The average molecular weight is 405 g/mol. The molecule has 0 bridgehead atoms. The Balaban J connectivity index is 1.41. The fourth-order valence-electron chi connectivity index (χ4n) is 3.90. The van der Waals surface area contributed by atoms with Gasteiger partial charge < -0.3 is 9.64 Å². The number of anilines is 1. The number of fused-ring (bicyclic) bond motifs is 1. The van der Waals surface area contributed by atoms with E-state index in [0.717, 1.165) is 60.6 Å². The highest BCUT2D eigenvalue weighted by Crippen LogP contribution is 2.30. The topological polar surface area (TPSA) is 51.1 Å². The van der Waals surface area contributed by atoms with Crippen molar-refractivity contribution < 1.29 is 4.74 Å². The Kier molecular flexibility index (Phi) is 5.00. The molecule has 0 unspecified atom stereocenters. The standard InChI is InChI=1S/C23H21ClN4O/c24-19-3-1-16-2-4-21(27-20(16)15-19)28-11-5-17(6-12-28)22-23(26-10-9-25-22)18-7-13-29-14-8-18/h1-5,7,9-10,15H,6,8,11-14H2. The molecule has 0 atom stereocenters. The van der Waals surface area contributed by atoms with E-state index in [-0.39, 0.29) is 0 Å². The Morgan fingerprint density at radius 2 is 1.72 bits per heavy atom. The van der Waals surface area contributed by atoms with Crippen LogP contribution in [0.2, 0.25) is 5.02 Å². The number of benzene rings is 1. The third-order valence-corrected chi connectivity index (χ3v) is 5.68. The summed E-state index contributed by atoms with van der Waals surface area (Å²) >= 11 is 6.13. The zero-order chi connectivity index (χ0) is 19.6. The molecule has 0 saturated heterocycles. The van der Waals surface area contributed by atoms with Crippen molar-refractivity contribution in [3.05, 3.63) is 71.3 Å². The Bertz CT molecular complexity index is 1120. The molecule has 0 spiro atoms. The Hall–Kier alpha value is -2.76. The molecule has 2 aromatic heterocycles. The lowest BCUT2D eigenvalue weighted by Crippen LogP contribution is -2.29. The van der Waals surface area contributed by atoms with Crippen molar-refractivity contribution in [3.63, 3.8) is 0 Å². The van der Waals surface area contributed by atoms with Gasteiger partial charge in [0.1, 0.15) is 5.82 Å². The average Bonchev–Trinajstić information content (AvgIpc) is 2.79. The molecule has 6 heteroatoms. The first-order valence-corrected chi connectivity index (χ1v) is 10.2. The number of rotatable bonds is 3. The minimum Gasteiger partial charge on any atom is -0.377 e. The largest absolute Gasteiger partial charge is 0.377 e. The Morgan fingerprint density at radius 3 is 2.45 bits per heavy atom. The first kappa shape index (κ1) is 18.3. The van der Waals surface area contributed by atoms with Gasteiger partial charge in [-0.2, -0.15) is 0 Å². The maximum atomic E-state index is 6.13. The summed E-state index contributed by atoms with van der Waals surface area (Å²) in [5.74, 6) is 0.974. The van der Waals surface area contributed by atoms with Crippen molar-refractivity contribution in [3.8, 4) is 0 Å². The summed E-state index contributed by atoms with van der Waals surface area (Å²) in [6.07, 6.45) is 9.71. The normalized spacial score (nSPS) is 17.2. The van der Waals surface area contributed by atoms with E-state index in [1.165, 1.54) is 11.1 Å². The minimum absolute atomic E-state index is 0.649. The van der Waals surface area contributed by atoms with Crippen LogP contribution < -0.4 is 4.90 Å². The van der Waals surface area contributed by atoms with Gasteiger partial charge in [0, 0.05) is 35.9 Å². The van der Waals surface area contributed by atoms with Crippen molar-refractivity contribution in [2.75, 3.05) is 31.2 Å². The molecule has 0 saturated carbocycles. The molecule has 3 aromatic rings. The van der Waals surface area contributed by atoms with E-state index in [0.29, 0.717) is 11.6 Å². The summed E-state index contributed by atoms with van der Waals surface area (Å²) in [6.45, 7) is 3.08. The van der Waals surface area contributed by atoms with Crippen LogP contribution in [-0.2, 0) is 4.74 Å². The van der Waals surface area contributed by atoms with Gasteiger partial charge in [0.25, 0.3) is 0 Å². The zero-order valence-corrected chi connectivity index (χ0v) is 16.8. The lowest BCUT2D eigenvalue weighted by Gasteiger charge is -2.28. The van der Waals surface area contributed by atoms with Gasteiger partial charge in [-0.25, -0.2) is 4.98 Å². The number of aromatic nitrogens is 3. The van der Waals surface area contributed by atoms with Crippen LogP contribution in [0.1, 0.15) is 24.2 Å². The molecule has 4 heterocycles. The number of halogens is 1. The maximum absolute atomic E-state index is 6.13. The fraction of sp³-hybridized carbons (Fsp3) is 0.261. The summed E-state index contributed by atoms with van der Waals surface area (Å²) in [4.78, 5) is 16.4. The quantitative estimate of drug-likeness (QED) is 0.629. The SMILES string of the molecule is Clc1ccc2ccc(N3CC=C(c4nccnc4C4=CCOCC4)CC3)nc2c1. The van der Waals surface area contributed by atoms with Crippen LogP contribution in [0, 0.1) is 0 Å². The van der Waals surface area contributed by atoms with E-state index < -0.39 is 0 Å². The smallest absolute Gasteiger partial charge is 0.129 e. The van der Waals surface area contributed by atoms with Crippen molar-refractivity contribution in [1.82, 2.24) is 15.0 Å². The first-order valence-electron chi connectivity index (χ1n) is 9.87. The summed E-state index contributed by atoms with van der Waals surface area (Å²) < 4.78 is 5.45. The van der Waals surface area contributed by atoms with Crippen LogP contribution >= 0.6 is 11.6 Å². The van der Waals surface area contributed by atoms with Crippen molar-refractivity contribution in [2.24, 2.45) is 0 Å². The second-order valence-electron chi connectivity index (χ2n) is 7.24. The highest BCUT2D eigenvalue weighted by Gasteiger charge is 2.20. The molecule has 146 valence electrons. The molecular formula is C23H21ClN4O. The Morgan fingerprint density at radius 1 is 0.931 bits per heavy atom. The van der Waals surface area contributed by atoms with Gasteiger partial charge >= 0.3 is 0 Å². The van der Waals surface area contributed by atoms with Crippen LogP contribution in [0.4, 0.5) is 5.82 Å². The third-order valence-electron chi connectivity index (χ3n) is 5.44. The van der Waals surface area contributed by atoms with E-state index in [1.54, 1.807) is 12.4 Å². The van der Waals surface area contributed by atoms with Gasteiger partial charge in [-0.05, 0) is 48.3 Å². The minimum atomic E-state index is 0.649. The fourth-order valence-corrected chi connectivity index (χ4v) is 4.06. The molecule has 0 fully saturated rings. The van der Waals surface area contributed by atoms with Crippen LogP contribution in [0.5, 0.6) is 0 Å². The van der Waals surface area contributed by atoms with Gasteiger partial charge in [0.2, 0.25) is 0 Å². The third kappa shape index (κ3) is 3.76. The molecule has 29 heavy (non-hydrogen) atoms. The Labute approximate surface area is 174 Å². The van der Waals surface area contributed by atoms with E-state index in [9.17, 15) is 0 Å². The van der Waals surface area contributed by atoms with E-state index in [4.69, 9.17) is 21.3 Å². The van der Waals surface area contributed by atoms with Gasteiger partial charge in [0.15, 0.2) is 0 Å². The summed E-state index contributed by atoms with van der Waals surface area (Å²) in [6, 6.07) is 10.00. The lowest BCUT2D eigenvalue weighted by atomic mass is 9.97. The summed E-state index contributed by atoms with van der Waals surface area (Å²) in [7, 11) is 0. The highest BCUT2D eigenvalue weighted by atomic mass is 35.5. The molecule has 1 aromatic carbocycles. The van der Waals surface area contributed by atoms with Gasteiger partial charge in [0.05, 0.1) is 30.1 Å². The molecule has 5 nitrogen and oxygen atoms in total. The van der Waals surface area contributed by atoms with Crippen LogP contribution in [0.25, 0.3) is 22.0 Å². The predicted molar refractivity (Wildman–Crippen MR) is 117 cm³/mol. The molecule has 0 N–H and O–H groups in total. The summed E-state index contributed by atoms with van der Waals surface area (Å²) in [5.41, 5.74) is 5.40. The molecule has 0 aliphatic carbocycles. The number of nitrogens with zero attached hydrogens (tertiary/aromatic N) is 4. The van der Waals surface area contributed by atoms with E-state index in [1.807, 2.05) is 18.2 Å². The molecule has 2 aliphatic rings. The number of hydrogen-bond acceptors (Lipinski definition) is 5. The monoisotopic (exact) mass is 404 g/mol. The zero-order valence-electron chi connectivity index (χ0n) is 16.0. The van der Waals surface area contributed by atoms with E-state index >= 15 is 0 Å².